The Balaban J connectivity index is 1.69. The number of rotatable bonds is 3. The van der Waals surface area contributed by atoms with E-state index in [2.05, 4.69) is 27.4 Å². The highest BCUT2D eigenvalue weighted by atomic mass is 16.5. The Bertz CT molecular complexity index is 625. The van der Waals surface area contributed by atoms with Crippen molar-refractivity contribution in [1.82, 2.24) is 15.5 Å². The fraction of sp³-hybridized carbons (Fsp3) is 0.143. The van der Waals surface area contributed by atoms with Crippen LogP contribution in [0, 0.1) is 11.8 Å². The summed E-state index contributed by atoms with van der Waals surface area (Å²) in [6, 6.07) is 11.1. The van der Waals surface area contributed by atoms with Crippen LogP contribution in [0.5, 0.6) is 0 Å². The van der Waals surface area contributed by atoms with Gasteiger partial charge in [-0.1, -0.05) is 36.3 Å². The van der Waals surface area contributed by atoms with Crippen molar-refractivity contribution in [2.45, 2.75) is 6.61 Å². The number of nitrogens with one attached hydrogen (secondary N) is 2. The third kappa shape index (κ3) is 4.38. The monoisotopic (exact) mass is 270 g/mol. The molecule has 0 atom stereocenters. The van der Waals surface area contributed by atoms with Gasteiger partial charge in [-0.25, -0.2) is 4.79 Å². The van der Waals surface area contributed by atoms with Gasteiger partial charge in [0.05, 0.1) is 6.54 Å². The van der Waals surface area contributed by atoms with Crippen LogP contribution in [0.2, 0.25) is 0 Å². The Morgan fingerprint density at radius 3 is 2.90 bits per heavy atom. The van der Waals surface area contributed by atoms with Crippen LogP contribution < -0.4 is 11.1 Å². The SMILES string of the molecule is Nc1cc(C#CCNC(=O)OCc2ccccc2)[nH]n1. The molecule has 6 heteroatoms. The fourth-order valence-corrected chi connectivity index (χ4v) is 1.43. The smallest absolute Gasteiger partial charge is 0.408 e. The molecule has 0 unspecified atom stereocenters. The highest BCUT2D eigenvalue weighted by Gasteiger charge is 2.00. The number of hydrogen-bond donors (Lipinski definition) is 3. The Kier molecular flexibility index (Phi) is 4.62. The van der Waals surface area contributed by atoms with Gasteiger partial charge in [0.25, 0.3) is 0 Å². The molecular weight excluding hydrogens is 256 g/mol. The lowest BCUT2D eigenvalue weighted by molar-refractivity contribution is 0.141. The highest BCUT2D eigenvalue weighted by Crippen LogP contribution is 2.00. The summed E-state index contributed by atoms with van der Waals surface area (Å²) in [6.45, 7) is 0.420. The first-order valence-corrected chi connectivity index (χ1v) is 5.98. The van der Waals surface area contributed by atoms with Crippen LogP contribution >= 0.6 is 0 Å². The van der Waals surface area contributed by atoms with Gasteiger partial charge in [-0.3, -0.25) is 5.10 Å². The number of ether oxygens (including phenoxy) is 1. The number of carbonyl (C=O) groups is 1. The fourth-order valence-electron chi connectivity index (χ4n) is 1.43. The minimum absolute atomic E-state index is 0.187. The van der Waals surface area contributed by atoms with Crippen LogP contribution in [0.3, 0.4) is 0 Å². The molecular formula is C14H14N4O2. The van der Waals surface area contributed by atoms with E-state index in [4.69, 9.17) is 10.5 Å². The summed E-state index contributed by atoms with van der Waals surface area (Å²) in [5.74, 6) is 5.91. The molecule has 0 fully saturated rings. The molecule has 1 amide bonds. The number of hydrogen-bond acceptors (Lipinski definition) is 4. The van der Waals surface area contributed by atoms with E-state index >= 15 is 0 Å². The molecule has 0 radical (unpaired) electrons. The van der Waals surface area contributed by atoms with E-state index in [0.717, 1.165) is 5.56 Å². The third-order valence-corrected chi connectivity index (χ3v) is 2.35. The minimum atomic E-state index is -0.507. The molecule has 2 aromatic rings. The summed E-state index contributed by atoms with van der Waals surface area (Å²) in [4.78, 5) is 11.4. The second-order valence-corrected chi connectivity index (χ2v) is 3.92. The van der Waals surface area contributed by atoms with Gasteiger partial charge in [-0.05, 0) is 11.5 Å². The predicted molar refractivity (Wildman–Crippen MR) is 74.5 cm³/mol. The number of benzene rings is 1. The van der Waals surface area contributed by atoms with E-state index in [1.165, 1.54) is 0 Å². The van der Waals surface area contributed by atoms with Gasteiger partial charge < -0.3 is 15.8 Å². The van der Waals surface area contributed by atoms with Crippen LogP contribution in [0.4, 0.5) is 10.6 Å². The summed E-state index contributed by atoms with van der Waals surface area (Å²) in [5.41, 5.74) is 6.96. The lowest BCUT2D eigenvalue weighted by Crippen LogP contribution is -2.24. The van der Waals surface area contributed by atoms with Gasteiger partial charge in [0.1, 0.15) is 18.1 Å². The van der Waals surface area contributed by atoms with E-state index < -0.39 is 6.09 Å². The van der Waals surface area contributed by atoms with Gasteiger partial charge in [-0.2, -0.15) is 5.10 Å². The number of nitrogens with zero attached hydrogens (tertiary/aromatic N) is 1. The second kappa shape index (κ2) is 6.85. The van der Waals surface area contributed by atoms with E-state index in [1.807, 2.05) is 30.3 Å². The molecule has 0 aliphatic heterocycles. The highest BCUT2D eigenvalue weighted by molar-refractivity contribution is 5.67. The van der Waals surface area contributed by atoms with Crippen molar-refractivity contribution in [3.63, 3.8) is 0 Å². The first kappa shape index (κ1) is 13.5. The molecule has 4 N–H and O–H groups in total. The van der Waals surface area contributed by atoms with Crippen molar-refractivity contribution in [3.8, 4) is 11.8 Å². The molecule has 0 spiro atoms. The van der Waals surface area contributed by atoms with Crippen molar-refractivity contribution in [2.75, 3.05) is 12.3 Å². The van der Waals surface area contributed by atoms with E-state index in [0.29, 0.717) is 11.5 Å². The number of aromatic nitrogens is 2. The molecule has 0 saturated heterocycles. The number of H-pyrrole nitrogens is 1. The normalized spacial score (nSPS) is 9.40. The number of aromatic amines is 1. The molecule has 0 aliphatic rings. The Morgan fingerprint density at radius 1 is 1.40 bits per heavy atom. The van der Waals surface area contributed by atoms with Crippen molar-refractivity contribution in [1.29, 1.82) is 0 Å². The first-order chi connectivity index (χ1) is 9.74. The summed E-state index contributed by atoms with van der Waals surface area (Å²) < 4.78 is 5.03. The summed E-state index contributed by atoms with van der Waals surface area (Å²) in [5, 5.41) is 8.91. The number of anilines is 1. The Hall–Kier alpha value is -2.94. The van der Waals surface area contributed by atoms with Gasteiger partial charge >= 0.3 is 6.09 Å². The molecule has 20 heavy (non-hydrogen) atoms. The number of alkyl carbamates (subject to hydrolysis) is 1. The molecule has 0 aliphatic carbocycles. The topological polar surface area (TPSA) is 93.0 Å². The summed E-state index contributed by atoms with van der Waals surface area (Å²) >= 11 is 0. The van der Waals surface area contributed by atoms with Crippen LogP contribution in [0.25, 0.3) is 0 Å². The molecule has 0 bridgehead atoms. The van der Waals surface area contributed by atoms with Gasteiger partial charge in [0.15, 0.2) is 0 Å². The first-order valence-electron chi connectivity index (χ1n) is 5.98. The van der Waals surface area contributed by atoms with Crippen LogP contribution in [0.1, 0.15) is 11.3 Å². The maximum Gasteiger partial charge on any atom is 0.408 e. The lowest BCUT2D eigenvalue weighted by Gasteiger charge is -2.04. The number of nitrogens with two attached hydrogens (primary N) is 1. The van der Waals surface area contributed by atoms with Gasteiger partial charge in [0.2, 0.25) is 0 Å². The van der Waals surface area contributed by atoms with E-state index in [-0.39, 0.29) is 13.2 Å². The Morgan fingerprint density at radius 2 is 2.20 bits per heavy atom. The van der Waals surface area contributed by atoms with Crippen molar-refractivity contribution < 1.29 is 9.53 Å². The zero-order valence-electron chi connectivity index (χ0n) is 10.7. The molecule has 1 aromatic heterocycles. The minimum Gasteiger partial charge on any atom is -0.445 e. The molecule has 1 aromatic carbocycles. The van der Waals surface area contributed by atoms with Gasteiger partial charge in [-0.15, -0.1) is 0 Å². The van der Waals surface area contributed by atoms with E-state index in [9.17, 15) is 4.79 Å². The number of amides is 1. The molecule has 1 heterocycles. The van der Waals surface area contributed by atoms with Crippen molar-refractivity contribution in [2.24, 2.45) is 0 Å². The molecule has 6 nitrogen and oxygen atoms in total. The van der Waals surface area contributed by atoms with Crippen LogP contribution in [-0.4, -0.2) is 22.8 Å². The average molecular weight is 270 g/mol. The zero-order valence-corrected chi connectivity index (χ0v) is 10.7. The quantitative estimate of drug-likeness (QED) is 0.732. The molecule has 0 saturated carbocycles. The predicted octanol–water partition coefficient (Wildman–Crippen LogP) is 1.27. The maximum absolute atomic E-state index is 11.4. The van der Waals surface area contributed by atoms with Crippen molar-refractivity contribution >= 4 is 11.9 Å². The second-order valence-electron chi connectivity index (χ2n) is 3.92. The molecule has 2 rings (SSSR count). The van der Waals surface area contributed by atoms with Crippen LogP contribution in [-0.2, 0) is 11.3 Å². The van der Waals surface area contributed by atoms with E-state index in [1.54, 1.807) is 6.07 Å². The summed E-state index contributed by atoms with van der Waals surface area (Å²) in [6.07, 6.45) is -0.507. The summed E-state index contributed by atoms with van der Waals surface area (Å²) in [7, 11) is 0. The number of carbonyl (C=O) groups excluding carboxylic acids is 1. The maximum atomic E-state index is 11.4. The Labute approximate surface area is 116 Å². The lowest BCUT2D eigenvalue weighted by atomic mass is 10.2. The number of nitrogen functional groups attached to an aromatic ring is 1. The van der Waals surface area contributed by atoms with Crippen molar-refractivity contribution in [3.05, 3.63) is 47.7 Å². The zero-order chi connectivity index (χ0) is 14.2. The third-order valence-electron chi connectivity index (χ3n) is 2.35. The van der Waals surface area contributed by atoms with Crippen LogP contribution in [0.15, 0.2) is 36.4 Å². The standard InChI is InChI=1S/C14H14N4O2/c15-13-9-12(17-18-13)7-4-8-16-14(19)20-10-11-5-2-1-3-6-11/h1-3,5-6,9H,8,10H2,(H,16,19)(H3,15,17,18). The largest absolute Gasteiger partial charge is 0.445 e. The average Bonchev–Trinajstić information content (AvgIpc) is 2.88. The van der Waals surface area contributed by atoms with Gasteiger partial charge in [0, 0.05) is 6.07 Å². The molecule has 102 valence electrons.